The molecule has 1 atom stereocenters. The maximum Gasteiger partial charge on any atom is 0.408 e. The fourth-order valence-corrected chi connectivity index (χ4v) is 2.45. The first-order valence-electron chi connectivity index (χ1n) is 6.48. The molecule has 0 saturated carbocycles. The third-order valence-corrected chi connectivity index (χ3v) is 3.47. The van der Waals surface area contributed by atoms with Crippen molar-refractivity contribution in [3.63, 3.8) is 0 Å². The minimum absolute atomic E-state index is 0.0430. The van der Waals surface area contributed by atoms with Crippen LogP contribution in [0.15, 0.2) is 24.3 Å². The van der Waals surface area contributed by atoms with Crippen molar-refractivity contribution in [2.75, 3.05) is 6.54 Å². The van der Waals surface area contributed by atoms with E-state index >= 15 is 0 Å². The van der Waals surface area contributed by atoms with Crippen molar-refractivity contribution in [1.29, 1.82) is 0 Å². The number of benzene rings is 1. The zero-order valence-electron chi connectivity index (χ0n) is 10.8. The number of piperidine rings is 1. The quantitative estimate of drug-likeness (QED) is 0.765. The van der Waals surface area contributed by atoms with Crippen molar-refractivity contribution in [2.45, 2.75) is 37.9 Å². The van der Waals surface area contributed by atoms with Gasteiger partial charge in [0, 0.05) is 6.54 Å². The number of likely N-dealkylation sites (tertiary alicyclic amines) is 1. The van der Waals surface area contributed by atoms with E-state index in [1.165, 1.54) is 24.3 Å². The van der Waals surface area contributed by atoms with Crippen LogP contribution in [0.3, 0.4) is 0 Å². The number of alkyl halides is 3. The van der Waals surface area contributed by atoms with Crippen molar-refractivity contribution in [3.8, 4) is 0 Å². The lowest BCUT2D eigenvalue weighted by atomic mass is 10.0. The third kappa shape index (κ3) is 3.49. The van der Waals surface area contributed by atoms with E-state index in [4.69, 9.17) is 0 Å². The van der Waals surface area contributed by atoms with E-state index in [2.05, 4.69) is 0 Å². The summed E-state index contributed by atoms with van der Waals surface area (Å²) >= 11 is 0. The van der Waals surface area contributed by atoms with Crippen molar-refractivity contribution < 1.29 is 22.4 Å². The Balaban J connectivity index is 2.08. The Labute approximate surface area is 114 Å². The van der Waals surface area contributed by atoms with Crippen molar-refractivity contribution in [2.24, 2.45) is 0 Å². The van der Waals surface area contributed by atoms with E-state index in [1.807, 2.05) is 0 Å². The second-order valence-corrected chi connectivity index (χ2v) is 4.94. The lowest BCUT2D eigenvalue weighted by Gasteiger charge is -2.36. The number of carbonyl (C=O) groups is 1. The molecular weight excluding hydrogens is 274 g/mol. The van der Waals surface area contributed by atoms with Gasteiger partial charge in [-0.05, 0) is 37.0 Å². The Kier molecular flexibility index (Phi) is 4.30. The number of nitrogens with zero attached hydrogens (tertiary/aromatic N) is 1. The summed E-state index contributed by atoms with van der Waals surface area (Å²) in [4.78, 5) is 13.0. The fraction of sp³-hybridized carbons (Fsp3) is 0.500. The van der Waals surface area contributed by atoms with Crippen molar-refractivity contribution in [3.05, 3.63) is 35.6 Å². The maximum atomic E-state index is 12.9. The molecule has 1 aliphatic rings. The SMILES string of the molecule is O=C(Cc1ccc(F)cc1)N1CCCCC1C(F)(F)F. The molecule has 2 nitrogen and oxygen atoms in total. The van der Waals surface area contributed by atoms with E-state index in [-0.39, 0.29) is 19.4 Å². The zero-order valence-corrected chi connectivity index (χ0v) is 10.8. The highest BCUT2D eigenvalue weighted by Gasteiger charge is 2.45. The van der Waals surface area contributed by atoms with Crippen LogP contribution in [0, 0.1) is 5.82 Å². The third-order valence-electron chi connectivity index (χ3n) is 3.47. The normalized spacial score (nSPS) is 20.0. The highest BCUT2D eigenvalue weighted by atomic mass is 19.4. The van der Waals surface area contributed by atoms with Gasteiger partial charge in [0.1, 0.15) is 11.9 Å². The zero-order chi connectivity index (χ0) is 14.8. The Morgan fingerprint density at radius 3 is 2.45 bits per heavy atom. The molecule has 0 aromatic heterocycles. The highest BCUT2D eigenvalue weighted by Crippen LogP contribution is 2.32. The standard InChI is InChI=1S/C14H15F4NO/c15-11-6-4-10(5-7-11)9-13(20)19-8-2-1-3-12(19)14(16,17)18/h4-7,12H,1-3,8-9H2. The van der Waals surface area contributed by atoms with E-state index in [0.717, 1.165) is 4.90 Å². The van der Waals surface area contributed by atoms with E-state index in [1.54, 1.807) is 0 Å². The summed E-state index contributed by atoms with van der Waals surface area (Å²) in [7, 11) is 0. The molecule has 20 heavy (non-hydrogen) atoms. The largest absolute Gasteiger partial charge is 0.408 e. The number of rotatable bonds is 2. The minimum Gasteiger partial charge on any atom is -0.330 e. The molecule has 1 aromatic rings. The molecular formula is C14H15F4NO. The Morgan fingerprint density at radius 2 is 1.85 bits per heavy atom. The smallest absolute Gasteiger partial charge is 0.330 e. The van der Waals surface area contributed by atoms with Gasteiger partial charge in [-0.15, -0.1) is 0 Å². The molecule has 0 bridgehead atoms. The predicted octanol–water partition coefficient (Wildman–Crippen LogP) is 3.31. The lowest BCUT2D eigenvalue weighted by molar-refractivity contribution is -0.195. The summed E-state index contributed by atoms with van der Waals surface area (Å²) in [5.74, 6) is -0.994. The summed E-state index contributed by atoms with van der Waals surface area (Å²) in [6.07, 6.45) is -3.50. The van der Waals surface area contributed by atoms with Crippen molar-refractivity contribution >= 4 is 5.91 Å². The average molecular weight is 289 g/mol. The fourth-order valence-electron chi connectivity index (χ4n) is 2.45. The van der Waals surface area contributed by atoms with Crippen LogP contribution in [-0.4, -0.2) is 29.6 Å². The molecule has 0 radical (unpaired) electrons. The first-order chi connectivity index (χ1) is 9.38. The molecule has 0 aliphatic carbocycles. The molecule has 0 spiro atoms. The van der Waals surface area contributed by atoms with Gasteiger partial charge in [-0.2, -0.15) is 13.2 Å². The van der Waals surface area contributed by atoms with E-state index in [0.29, 0.717) is 18.4 Å². The van der Waals surface area contributed by atoms with Crippen LogP contribution in [0.5, 0.6) is 0 Å². The summed E-state index contributed by atoms with van der Waals surface area (Å²) in [6, 6.07) is 3.53. The Morgan fingerprint density at radius 1 is 1.20 bits per heavy atom. The number of hydrogen-bond donors (Lipinski definition) is 0. The van der Waals surface area contributed by atoms with Crippen LogP contribution in [0.2, 0.25) is 0 Å². The predicted molar refractivity (Wildman–Crippen MR) is 65.5 cm³/mol. The summed E-state index contributed by atoms with van der Waals surface area (Å²) in [6.45, 7) is 0.129. The van der Waals surface area contributed by atoms with Gasteiger partial charge >= 0.3 is 6.18 Å². The molecule has 110 valence electrons. The summed E-state index contributed by atoms with van der Waals surface area (Å²) < 4.78 is 51.5. The molecule has 0 N–H and O–H groups in total. The van der Waals surface area contributed by atoms with Crippen LogP contribution in [0.4, 0.5) is 17.6 Å². The molecule has 1 unspecified atom stereocenters. The molecule has 1 heterocycles. The monoisotopic (exact) mass is 289 g/mol. The summed E-state index contributed by atoms with van der Waals surface area (Å²) in [5.41, 5.74) is 0.517. The number of halogens is 4. The van der Waals surface area contributed by atoms with Gasteiger partial charge in [0.2, 0.25) is 5.91 Å². The molecule has 1 aromatic carbocycles. The van der Waals surface area contributed by atoms with Gasteiger partial charge in [0.25, 0.3) is 0 Å². The molecule has 1 saturated heterocycles. The Bertz CT molecular complexity index is 469. The second kappa shape index (κ2) is 5.81. The molecule has 6 heteroatoms. The van der Waals surface area contributed by atoms with Crippen molar-refractivity contribution in [1.82, 2.24) is 4.90 Å². The summed E-state index contributed by atoms with van der Waals surface area (Å²) in [5, 5.41) is 0. The number of hydrogen-bond acceptors (Lipinski definition) is 1. The van der Waals surface area contributed by atoms with Gasteiger partial charge < -0.3 is 4.90 Å². The first-order valence-corrected chi connectivity index (χ1v) is 6.48. The Hall–Kier alpha value is -1.59. The molecule has 2 rings (SSSR count). The van der Waals surface area contributed by atoms with Gasteiger partial charge in [0.15, 0.2) is 0 Å². The van der Waals surface area contributed by atoms with Crippen LogP contribution in [-0.2, 0) is 11.2 Å². The van der Waals surface area contributed by atoms with E-state index < -0.39 is 23.9 Å². The van der Waals surface area contributed by atoms with E-state index in [9.17, 15) is 22.4 Å². The van der Waals surface area contributed by atoms with Crippen LogP contribution in [0.25, 0.3) is 0 Å². The first kappa shape index (κ1) is 14.8. The molecule has 1 aliphatic heterocycles. The van der Waals surface area contributed by atoms with Gasteiger partial charge in [-0.25, -0.2) is 4.39 Å². The molecule has 1 fully saturated rings. The topological polar surface area (TPSA) is 20.3 Å². The van der Waals surface area contributed by atoms with Crippen LogP contribution in [0.1, 0.15) is 24.8 Å². The number of amides is 1. The number of carbonyl (C=O) groups excluding carboxylic acids is 1. The average Bonchev–Trinajstić information content (AvgIpc) is 2.40. The van der Waals surface area contributed by atoms with Crippen LogP contribution >= 0.6 is 0 Å². The second-order valence-electron chi connectivity index (χ2n) is 4.94. The molecule has 1 amide bonds. The minimum atomic E-state index is -4.39. The van der Waals surface area contributed by atoms with Gasteiger partial charge in [-0.3, -0.25) is 4.79 Å². The lowest BCUT2D eigenvalue weighted by Crippen LogP contribution is -2.51. The maximum absolute atomic E-state index is 12.9. The van der Waals surface area contributed by atoms with Gasteiger partial charge in [0.05, 0.1) is 6.42 Å². The van der Waals surface area contributed by atoms with Crippen LogP contribution < -0.4 is 0 Å². The highest BCUT2D eigenvalue weighted by molar-refractivity contribution is 5.79. The van der Waals surface area contributed by atoms with Gasteiger partial charge in [-0.1, -0.05) is 12.1 Å².